The third-order valence-corrected chi connectivity index (χ3v) is 2.32. The molecule has 0 saturated carbocycles. The highest BCUT2D eigenvalue weighted by Crippen LogP contribution is 2.34. The molecule has 0 atom stereocenters. The quantitative estimate of drug-likeness (QED) is 0.665. The molecule has 0 aromatic rings. The molecule has 0 fully saturated rings. The van der Waals surface area contributed by atoms with E-state index in [1.807, 2.05) is 7.05 Å². The maximum Gasteiger partial charge on any atom is 0.0205 e. The number of allylic oxidation sites excluding steroid dienone is 4. The van der Waals surface area contributed by atoms with Gasteiger partial charge in [0.25, 0.3) is 0 Å². The van der Waals surface area contributed by atoms with Crippen LogP contribution in [0.25, 0.3) is 0 Å². The first-order valence-corrected chi connectivity index (χ1v) is 4.50. The van der Waals surface area contributed by atoms with Crippen molar-refractivity contribution < 1.29 is 0 Å². The Bertz CT molecular complexity index is 269. The second kappa shape index (κ2) is 3.28. The first-order valence-electron chi connectivity index (χ1n) is 4.50. The molecule has 0 aromatic carbocycles. The molecule has 0 amide bonds. The molecule has 12 heavy (non-hydrogen) atoms. The van der Waals surface area contributed by atoms with E-state index in [1.54, 1.807) is 5.57 Å². The smallest absolute Gasteiger partial charge is 0.0205 e. The summed E-state index contributed by atoms with van der Waals surface area (Å²) in [7, 11) is 2.00. The van der Waals surface area contributed by atoms with E-state index in [1.165, 1.54) is 24.0 Å². The van der Waals surface area contributed by atoms with Crippen molar-refractivity contribution in [1.29, 1.82) is 0 Å². The van der Waals surface area contributed by atoms with Crippen LogP contribution >= 0.6 is 0 Å². The normalized spacial score (nSPS) is 21.2. The molecule has 1 radical (unpaired) electrons. The highest BCUT2D eigenvalue weighted by Gasteiger charge is 2.17. The van der Waals surface area contributed by atoms with Crippen LogP contribution < -0.4 is 5.32 Å². The summed E-state index contributed by atoms with van der Waals surface area (Å²) < 4.78 is 0. The number of nitrogens with one attached hydrogen (secondary N) is 1. The third-order valence-electron chi connectivity index (χ3n) is 2.32. The Morgan fingerprint density at radius 3 is 3.00 bits per heavy atom. The maximum absolute atomic E-state index is 3.20. The maximum atomic E-state index is 3.20. The zero-order chi connectivity index (χ0) is 8.39. The molecule has 0 spiro atoms. The fourth-order valence-electron chi connectivity index (χ4n) is 1.64. The van der Waals surface area contributed by atoms with Crippen molar-refractivity contribution >= 4 is 0 Å². The van der Waals surface area contributed by atoms with Crippen LogP contribution in [0.5, 0.6) is 0 Å². The minimum Gasteiger partial charge on any atom is -0.316 e. The second-order valence-electron chi connectivity index (χ2n) is 3.26. The van der Waals surface area contributed by atoms with Crippen LogP contribution in [0, 0.1) is 6.42 Å². The molecule has 0 aliphatic heterocycles. The first kappa shape index (κ1) is 7.81. The Morgan fingerprint density at radius 1 is 1.50 bits per heavy atom. The van der Waals surface area contributed by atoms with Crippen LogP contribution in [0.4, 0.5) is 0 Å². The number of rotatable bonds is 3. The molecular weight excluding hydrogens is 146 g/mol. The van der Waals surface area contributed by atoms with E-state index in [0.29, 0.717) is 0 Å². The summed E-state index contributed by atoms with van der Waals surface area (Å²) in [4.78, 5) is 0. The van der Waals surface area contributed by atoms with Gasteiger partial charge in [0, 0.05) is 13.0 Å². The van der Waals surface area contributed by atoms with E-state index in [9.17, 15) is 0 Å². The van der Waals surface area contributed by atoms with E-state index in [2.05, 4.69) is 30.0 Å². The zero-order valence-electron chi connectivity index (χ0n) is 7.43. The third kappa shape index (κ3) is 1.51. The van der Waals surface area contributed by atoms with E-state index >= 15 is 0 Å². The molecule has 0 bridgehead atoms. The van der Waals surface area contributed by atoms with Gasteiger partial charge in [-0.3, -0.25) is 0 Å². The zero-order valence-corrected chi connectivity index (χ0v) is 7.43. The molecule has 1 heteroatoms. The summed E-state index contributed by atoms with van der Waals surface area (Å²) >= 11 is 0. The molecule has 1 N–H and O–H groups in total. The fraction of sp³-hybridized carbons (Fsp3) is 0.364. The van der Waals surface area contributed by atoms with Gasteiger partial charge in [-0.1, -0.05) is 18.2 Å². The Labute approximate surface area is 73.9 Å². The van der Waals surface area contributed by atoms with E-state index in [0.717, 1.165) is 6.54 Å². The highest BCUT2D eigenvalue weighted by atomic mass is 14.8. The predicted molar refractivity (Wildman–Crippen MR) is 51.7 cm³/mol. The van der Waals surface area contributed by atoms with Gasteiger partial charge in [-0.15, -0.1) is 0 Å². The molecule has 2 rings (SSSR count). The van der Waals surface area contributed by atoms with Crippen molar-refractivity contribution in [1.82, 2.24) is 5.32 Å². The Balaban J connectivity index is 2.19. The van der Waals surface area contributed by atoms with Crippen molar-refractivity contribution in [2.24, 2.45) is 0 Å². The summed E-state index contributed by atoms with van der Waals surface area (Å²) in [6, 6.07) is 0. The average Bonchev–Trinajstić information content (AvgIpc) is 2.89. The molecular formula is C11H14N. The monoisotopic (exact) mass is 160 g/mol. The van der Waals surface area contributed by atoms with E-state index < -0.39 is 0 Å². The van der Waals surface area contributed by atoms with E-state index in [-0.39, 0.29) is 0 Å². The van der Waals surface area contributed by atoms with Gasteiger partial charge >= 0.3 is 0 Å². The number of hydrogen-bond donors (Lipinski definition) is 1. The van der Waals surface area contributed by atoms with Crippen LogP contribution in [0.2, 0.25) is 0 Å². The average molecular weight is 160 g/mol. The molecule has 2 aliphatic rings. The molecule has 63 valence electrons. The summed E-state index contributed by atoms with van der Waals surface area (Å²) in [6.45, 7) is 0.997. The minimum atomic E-state index is 0.997. The minimum absolute atomic E-state index is 0.997. The van der Waals surface area contributed by atoms with Crippen molar-refractivity contribution in [2.75, 3.05) is 13.6 Å². The molecule has 1 nitrogen and oxygen atoms in total. The van der Waals surface area contributed by atoms with Gasteiger partial charge in [-0.25, -0.2) is 0 Å². The fourth-order valence-corrected chi connectivity index (χ4v) is 1.64. The van der Waals surface area contributed by atoms with Crippen LogP contribution in [0.1, 0.15) is 12.8 Å². The molecule has 2 aliphatic carbocycles. The van der Waals surface area contributed by atoms with Gasteiger partial charge in [0.2, 0.25) is 0 Å². The van der Waals surface area contributed by atoms with Crippen molar-refractivity contribution in [3.05, 3.63) is 41.4 Å². The highest BCUT2D eigenvalue weighted by molar-refractivity contribution is 5.58. The van der Waals surface area contributed by atoms with Crippen LogP contribution in [-0.2, 0) is 0 Å². The van der Waals surface area contributed by atoms with Gasteiger partial charge in [-0.05, 0) is 36.6 Å². The topological polar surface area (TPSA) is 12.0 Å². The molecule has 0 unspecified atom stereocenters. The van der Waals surface area contributed by atoms with Crippen LogP contribution in [-0.4, -0.2) is 13.6 Å². The van der Waals surface area contributed by atoms with Crippen molar-refractivity contribution in [2.45, 2.75) is 12.8 Å². The lowest BCUT2D eigenvalue weighted by Gasteiger charge is -2.13. The van der Waals surface area contributed by atoms with Crippen molar-refractivity contribution in [3.63, 3.8) is 0 Å². The summed E-state index contributed by atoms with van der Waals surface area (Å²) in [6.07, 6.45) is 11.3. The lowest BCUT2D eigenvalue weighted by molar-refractivity contribution is 0.857. The van der Waals surface area contributed by atoms with E-state index in [4.69, 9.17) is 0 Å². The summed E-state index contributed by atoms with van der Waals surface area (Å²) in [5.74, 6) is 0. The molecule has 0 saturated heterocycles. The SMILES string of the molecule is CNCC1=C(C2=C[CH]2)CCC=C1. The summed E-state index contributed by atoms with van der Waals surface area (Å²) in [5, 5.41) is 3.20. The standard InChI is InChI=1S/C11H14N/c1-12-8-10-4-2-3-5-11(10)9-6-7-9/h2,4,6-7,12H,3,5,8H2,1H3. The number of hydrogen-bond acceptors (Lipinski definition) is 1. The van der Waals surface area contributed by atoms with Gasteiger partial charge in [-0.2, -0.15) is 0 Å². The number of likely N-dealkylation sites (N-methyl/N-ethyl adjacent to an activating group) is 1. The van der Waals surface area contributed by atoms with Crippen LogP contribution in [0.3, 0.4) is 0 Å². The van der Waals surface area contributed by atoms with Crippen molar-refractivity contribution in [3.8, 4) is 0 Å². The van der Waals surface area contributed by atoms with Gasteiger partial charge in [0.1, 0.15) is 0 Å². The molecule has 0 aromatic heterocycles. The molecule has 0 heterocycles. The lowest BCUT2D eigenvalue weighted by Crippen LogP contribution is -2.12. The van der Waals surface area contributed by atoms with Crippen LogP contribution in [0.15, 0.2) is 34.9 Å². The Kier molecular flexibility index (Phi) is 2.13. The van der Waals surface area contributed by atoms with Gasteiger partial charge in [0.05, 0.1) is 0 Å². The Hall–Kier alpha value is -0.820. The summed E-state index contributed by atoms with van der Waals surface area (Å²) in [5.41, 5.74) is 4.47. The largest absolute Gasteiger partial charge is 0.316 e. The predicted octanol–water partition coefficient (Wildman–Crippen LogP) is 2.00. The Morgan fingerprint density at radius 2 is 2.33 bits per heavy atom. The second-order valence-corrected chi connectivity index (χ2v) is 3.26. The van der Waals surface area contributed by atoms with Gasteiger partial charge < -0.3 is 5.32 Å². The van der Waals surface area contributed by atoms with Gasteiger partial charge in [0.15, 0.2) is 0 Å². The first-order chi connectivity index (χ1) is 5.92. The lowest BCUT2D eigenvalue weighted by atomic mass is 9.95.